The number of benzene rings is 2. The van der Waals surface area contributed by atoms with Gasteiger partial charge in [0.25, 0.3) is 11.8 Å². The summed E-state index contributed by atoms with van der Waals surface area (Å²) in [6.07, 6.45) is -10.2. The van der Waals surface area contributed by atoms with Crippen molar-refractivity contribution < 1.29 is 39.9 Å². The van der Waals surface area contributed by atoms with Crippen LogP contribution < -0.4 is 0 Å². The van der Waals surface area contributed by atoms with E-state index in [-0.39, 0.29) is 44.6 Å². The molecule has 0 bridgehead atoms. The van der Waals surface area contributed by atoms with Gasteiger partial charge in [0.05, 0.1) is 17.7 Å². The molecule has 1 amide bonds. The first kappa shape index (κ1) is 25.4. The Balaban J connectivity index is 1.64. The number of hydrogen-bond donors (Lipinski definition) is 0. The van der Waals surface area contributed by atoms with Gasteiger partial charge in [-0.25, -0.2) is 8.78 Å². The lowest BCUT2D eigenvalue weighted by Gasteiger charge is -2.43. The van der Waals surface area contributed by atoms with Gasteiger partial charge in [-0.1, -0.05) is 30.3 Å². The number of carbonyl (C=O) groups excluding carboxylic acids is 1. The maximum absolute atomic E-state index is 13.9. The zero-order valence-corrected chi connectivity index (χ0v) is 18.3. The molecule has 2 atom stereocenters. The minimum Gasteiger partial charge on any atom is -0.338 e. The van der Waals surface area contributed by atoms with Crippen molar-refractivity contribution in [2.24, 2.45) is 0 Å². The van der Waals surface area contributed by atoms with Crippen LogP contribution >= 0.6 is 0 Å². The number of likely N-dealkylation sites (tertiary alicyclic amines) is 2. The van der Waals surface area contributed by atoms with Gasteiger partial charge in [0.15, 0.2) is 0 Å². The van der Waals surface area contributed by atoms with E-state index >= 15 is 0 Å². The van der Waals surface area contributed by atoms with Gasteiger partial charge in [-0.15, -0.1) is 0 Å². The quantitative estimate of drug-likeness (QED) is 0.473. The maximum atomic E-state index is 13.9. The molecule has 0 aromatic heterocycles. The molecule has 190 valence electrons. The molecule has 2 aliphatic heterocycles. The summed E-state index contributed by atoms with van der Waals surface area (Å²) >= 11 is 0. The van der Waals surface area contributed by atoms with Crippen molar-refractivity contribution in [3.05, 3.63) is 70.8 Å². The fourth-order valence-corrected chi connectivity index (χ4v) is 4.90. The first-order chi connectivity index (χ1) is 16.2. The Hall–Kier alpha value is -2.69. The summed E-state index contributed by atoms with van der Waals surface area (Å²) < 4.78 is 107. The Morgan fingerprint density at radius 1 is 0.886 bits per heavy atom. The molecule has 2 fully saturated rings. The standard InChI is InChI=1S/C24H22F8N2O/c25-22(26)7-9-34(14-22)20-6-8-33(13-19(20)15-4-2-1-3-5-15)21(35)16-10-17(23(27,28)29)12-18(11-16)24(30,31)32/h1-5,10-12,19-20H,6-9,13-14H2. The predicted molar refractivity (Wildman–Crippen MR) is 111 cm³/mol. The molecule has 4 rings (SSSR count). The Bertz CT molecular complexity index is 1040. The fraction of sp³-hybridized carbons (Fsp3) is 0.458. The topological polar surface area (TPSA) is 23.6 Å². The van der Waals surface area contributed by atoms with Crippen molar-refractivity contribution in [2.75, 3.05) is 26.2 Å². The van der Waals surface area contributed by atoms with Crippen LogP contribution in [0.3, 0.4) is 0 Å². The van der Waals surface area contributed by atoms with E-state index in [4.69, 9.17) is 0 Å². The third-order valence-corrected chi connectivity index (χ3v) is 6.59. The van der Waals surface area contributed by atoms with E-state index in [2.05, 4.69) is 0 Å². The molecule has 0 radical (unpaired) electrons. The summed E-state index contributed by atoms with van der Waals surface area (Å²) in [4.78, 5) is 16.0. The van der Waals surface area contributed by atoms with Crippen LogP contribution in [0.2, 0.25) is 0 Å². The molecule has 2 unspecified atom stereocenters. The van der Waals surface area contributed by atoms with Gasteiger partial charge in [-0.2, -0.15) is 26.3 Å². The molecule has 35 heavy (non-hydrogen) atoms. The van der Waals surface area contributed by atoms with Gasteiger partial charge in [0.1, 0.15) is 0 Å². The normalized spacial score (nSPS) is 23.5. The first-order valence-corrected chi connectivity index (χ1v) is 11.0. The van der Waals surface area contributed by atoms with E-state index < -0.39 is 53.3 Å². The zero-order valence-electron chi connectivity index (χ0n) is 18.3. The van der Waals surface area contributed by atoms with Gasteiger partial charge in [0.2, 0.25) is 0 Å². The van der Waals surface area contributed by atoms with Crippen LogP contribution in [0.15, 0.2) is 48.5 Å². The molecule has 0 saturated carbocycles. The van der Waals surface area contributed by atoms with Crippen molar-refractivity contribution in [3.8, 4) is 0 Å². The average molecular weight is 506 g/mol. The number of nitrogens with zero attached hydrogens (tertiary/aromatic N) is 2. The summed E-state index contributed by atoms with van der Waals surface area (Å²) in [5, 5.41) is 0. The van der Waals surface area contributed by atoms with Gasteiger partial charge in [-0.3, -0.25) is 9.69 Å². The summed E-state index contributed by atoms with van der Waals surface area (Å²) in [5.74, 6) is -4.23. The summed E-state index contributed by atoms with van der Waals surface area (Å²) in [6, 6.07) is 9.26. The summed E-state index contributed by atoms with van der Waals surface area (Å²) in [6.45, 7) is -0.269. The van der Waals surface area contributed by atoms with Crippen molar-refractivity contribution in [1.82, 2.24) is 9.80 Å². The highest BCUT2D eigenvalue weighted by molar-refractivity contribution is 5.95. The Morgan fingerprint density at radius 3 is 2.00 bits per heavy atom. The van der Waals surface area contributed by atoms with E-state index in [1.807, 2.05) is 0 Å². The molecule has 2 heterocycles. The van der Waals surface area contributed by atoms with Crippen LogP contribution in [-0.2, 0) is 12.4 Å². The highest BCUT2D eigenvalue weighted by Gasteiger charge is 2.45. The van der Waals surface area contributed by atoms with E-state index in [9.17, 15) is 39.9 Å². The van der Waals surface area contributed by atoms with Gasteiger partial charge >= 0.3 is 12.4 Å². The van der Waals surface area contributed by atoms with Crippen LogP contribution in [0.4, 0.5) is 35.1 Å². The van der Waals surface area contributed by atoms with Crippen molar-refractivity contribution in [3.63, 3.8) is 0 Å². The van der Waals surface area contributed by atoms with Crippen LogP contribution in [-0.4, -0.2) is 53.9 Å². The Morgan fingerprint density at radius 2 is 1.49 bits per heavy atom. The van der Waals surface area contributed by atoms with E-state index in [0.29, 0.717) is 12.1 Å². The molecule has 2 saturated heterocycles. The third kappa shape index (κ3) is 5.60. The second kappa shape index (κ2) is 9.07. The SMILES string of the molecule is O=C(c1cc(C(F)(F)F)cc(C(F)(F)F)c1)N1CCC(N2CCC(F)(F)C2)C(c2ccccc2)C1. The number of carbonyl (C=O) groups is 1. The van der Waals surface area contributed by atoms with Crippen molar-refractivity contribution in [1.29, 1.82) is 0 Å². The Labute approximate surface area is 196 Å². The second-order valence-corrected chi connectivity index (χ2v) is 9.00. The molecule has 2 aromatic rings. The largest absolute Gasteiger partial charge is 0.416 e. The van der Waals surface area contributed by atoms with E-state index in [1.165, 1.54) is 4.90 Å². The predicted octanol–water partition coefficient (Wildman–Crippen LogP) is 6.06. The second-order valence-electron chi connectivity index (χ2n) is 9.00. The molecular weight excluding hydrogens is 484 g/mol. The number of hydrogen-bond acceptors (Lipinski definition) is 2. The van der Waals surface area contributed by atoms with Gasteiger partial charge in [-0.05, 0) is 30.2 Å². The molecule has 11 heteroatoms. The Kier molecular flexibility index (Phi) is 6.58. The molecule has 2 aliphatic rings. The summed E-state index contributed by atoms with van der Waals surface area (Å²) in [7, 11) is 0. The van der Waals surface area contributed by atoms with E-state index in [0.717, 1.165) is 5.56 Å². The lowest BCUT2D eigenvalue weighted by atomic mass is 9.84. The number of halogens is 8. The van der Waals surface area contributed by atoms with Crippen LogP contribution in [0.25, 0.3) is 0 Å². The monoisotopic (exact) mass is 506 g/mol. The molecule has 3 nitrogen and oxygen atoms in total. The van der Waals surface area contributed by atoms with Crippen LogP contribution in [0.1, 0.15) is 45.8 Å². The average Bonchev–Trinajstić information content (AvgIpc) is 3.16. The van der Waals surface area contributed by atoms with Crippen LogP contribution in [0, 0.1) is 0 Å². The van der Waals surface area contributed by atoms with Gasteiger partial charge < -0.3 is 4.90 Å². The van der Waals surface area contributed by atoms with Crippen LogP contribution in [0.5, 0.6) is 0 Å². The fourth-order valence-electron chi connectivity index (χ4n) is 4.90. The third-order valence-electron chi connectivity index (χ3n) is 6.59. The molecule has 0 aliphatic carbocycles. The molecular formula is C24H22F8N2O. The first-order valence-electron chi connectivity index (χ1n) is 11.0. The highest BCUT2D eigenvalue weighted by atomic mass is 19.4. The smallest absolute Gasteiger partial charge is 0.338 e. The lowest BCUT2D eigenvalue weighted by Crippen LogP contribution is -2.51. The molecule has 0 spiro atoms. The van der Waals surface area contributed by atoms with Crippen molar-refractivity contribution >= 4 is 5.91 Å². The maximum Gasteiger partial charge on any atom is 0.416 e. The van der Waals surface area contributed by atoms with Gasteiger partial charge in [0, 0.05) is 43.6 Å². The molecule has 2 aromatic carbocycles. The molecule has 0 N–H and O–H groups in total. The number of rotatable bonds is 3. The van der Waals surface area contributed by atoms with Crippen molar-refractivity contribution in [2.45, 2.75) is 43.1 Å². The lowest BCUT2D eigenvalue weighted by molar-refractivity contribution is -0.143. The number of amides is 1. The summed E-state index contributed by atoms with van der Waals surface area (Å²) in [5.41, 5.74) is -3.09. The number of alkyl halides is 8. The minimum atomic E-state index is -5.07. The van der Waals surface area contributed by atoms with E-state index in [1.54, 1.807) is 35.2 Å². The highest BCUT2D eigenvalue weighted by Crippen LogP contribution is 2.39. The number of piperidine rings is 1. The minimum absolute atomic E-state index is 0.0203. The zero-order chi connectivity index (χ0) is 25.6.